The minimum absolute atomic E-state index is 0.361. The number of hydrogen-bond donors (Lipinski definition) is 2. The number of hydrogen-bond acceptors (Lipinski definition) is 7. The molecule has 21 heavy (non-hydrogen) atoms. The molecule has 0 bridgehead atoms. The summed E-state index contributed by atoms with van der Waals surface area (Å²) in [4.78, 5) is 15.1. The van der Waals surface area contributed by atoms with E-state index in [4.69, 9.17) is 4.74 Å². The minimum atomic E-state index is 0.361. The van der Waals surface area contributed by atoms with Gasteiger partial charge in [0.1, 0.15) is 0 Å². The van der Waals surface area contributed by atoms with E-state index in [0.29, 0.717) is 24.5 Å². The third-order valence-corrected chi connectivity index (χ3v) is 2.97. The average molecular weight is 296 g/mol. The van der Waals surface area contributed by atoms with Gasteiger partial charge in [0.25, 0.3) is 0 Å². The van der Waals surface area contributed by atoms with E-state index in [1.807, 2.05) is 6.92 Å². The van der Waals surface area contributed by atoms with Gasteiger partial charge >= 0.3 is 6.01 Å². The van der Waals surface area contributed by atoms with E-state index in [2.05, 4.69) is 44.3 Å². The van der Waals surface area contributed by atoms with Crippen molar-refractivity contribution in [3.8, 4) is 6.01 Å². The Labute approximate surface area is 127 Å². The molecule has 1 aromatic rings. The summed E-state index contributed by atoms with van der Waals surface area (Å²) in [5.74, 6) is 1.06. The normalized spacial score (nSPS) is 10.7. The van der Waals surface area contributed by atoms with Crippen molar-refractivity contribution in [1.82, 2.24) is 19.9 Å². The summed E-state index contributed by atoms with van der Waals surface area (Å²) < 4.78 is 5.47. The van der Waals surface area contributed by atoms with Crippen molar-refractivity contribution in [2.45, 2.75) is 33.6 Å². The van der Waals surface area contributed by atoms with E-state index >= 15 is 0 Å². The molecule has 0 aliphatic heterocycles. The SMILES string of the molecule is CCCOc1nc(NC)nc(NCCN(CC)CCC)n1. The molecule has 0 aliphatic rings. The van der Waals surface area contributed by atoms with Gasteiger partial charge in [0.15, 0.2) is 0 Å². The maximum atomic E-state index is 5.47. The van der Waals surface area contributed by atoms with E-state index in [1.54, 1.807) is 7.05 Å². The van der Waals surface area contributed by atoms with Crippen LogP contribution in [0.25, 0.3) is 0 Å². The molecule has 7 heteroatoms. The lowest BCUT2D eigenvalue weighted by molar-refractivity contribution is 0.291. The van der Waals surface area contributed by atoms with Crippen molar-refractivity contribution < 1.29 is 4.74 Å². The molecule has 2 N–H and O–H groups in total. The van der Waals surface area contributed by atoms with Crippen molar-refractivity contribution in [1.29, 1.82) is 0 Å². The summed E-state index contributed by atoms with van der Waals surface area (Å²) in [6.45, 7) is 11.0. The second kappa shape index (κ2) is 10.1. The Bertz CT molecular complexity index is 401. The first kappa shape index (κ1) is 17.4. The van der Waals surface area contributed by atoms with E-state index in [-0.39, 0.29) is 0 Å². The van der Waals surface area contributed by atoms with Crippen LogP contribution in [0.15, 0.2) is 0 Å². The van der Waals surface area contributed by atoms with Crippen LogP contribution >= 0.6 is 0 Å². The summed E-state index contributed by atoms with van der Waals surface area (Å²) in [6, 6.07) is 0.361. The van der Waals surface area contributed by atoms with Crippen LogP contribution < -0.4 is 15.4 Å². The lowest BCUT2D eigenvalue weighted by Crippen LogP contribution is -2.30. The Kier molecular flexibility index (Phi) is 8.42. The molecule has 0 unspecified atom stereocenters. The first-order chi connectivity index (χ1) is 10.2. The first-order valence-corrected chi connectivity index (χ1v) is 7.76. The highest BCUT2D eigenvalue weighted by Crippen LogP contribution is 2.10. The summed E-state index contributed by atoms with van der Waals surface area (Å²) in [5.41, 5.74) is 0. The van der Waals surface area contributed by atoms with Crippen molar-refractivity contribution in [3.05, 3.63) is 0 Å². The van der Waals surface area contributed by atoms with Crippen LogP contribution in [0.1, 0.15) is 33.6 Å². The van der Waals surface area contributed by atoms with Gasteiger partial charge in [0.05, 0.1) is 6.61 Å². The van der Waals surface area contributed by atoms with Crippen molar-refractivity contribution in [2.24, 2.45) is 0 Å². The van der Waals surface area contributed by atoms with Gasteiger partial charge in [-0.2, -0.15) is 15.0 Å². The van der Waals surface area contributed by atoms with Crippen LogP contribution in [0.5, 0.6) is 6.01 Å². The van der Waals surface area contributed by atoms with Crippen molar-refractivity contribution in [3.63, 3.8) is 0 Å². The molecule has 0 aromatic carbocycles. The number of nitrogens with one attached hydrogen (secondary N) is 2. The van der Waals surface area contributed by atoms with Gasteiger partial charge in [-0.25, -0.2) is 0 Å². The van der Waals surface area contributed by atoms with E-state index in [1.165, 1.54) is 6.42 Å². The molecule has 0 fully saturated rings. The molecule has 120 valence electrons. The number of anilines is 2. The largest absolute Gasteiger partial charge is 0.463 e. The Morgan fingerprint density at radius 2 is 1.76 bits per heavy atom. The van der Waals surface area contributed by atoms with Crippen LogP contribution in [0.2, 0.25) is 0 Å². The molecule has 0 amide bonds. The molecule has 0 atom stereocenters. The zero-order valence-electron chi connectivity index (χ0n) is 13.6. The van der Waals surface area contributed by atoms with Crippen molar-refractivity contribution in [2.75, 3.05) is 50.5 Å². The molecule has 7 nitrogen and oxygen atoms in total. The number of aromatic nitrogens is 3. The molecule has 0 aliphatic carbocycles. The zero-order valence-corrected chi connectivity index (χ0v) is 13.6. The summed E-state index contributed by atoms with van der Waals surface area (Å²) in [6.07, 6.45) is 2.09. The third-order valence-electron chi connectivity index (χ3n) is 2.97. The summed E-state index contributed by atoms with van der Waals surface area (Å²) >= 11 is 0. The van der Waals surface area contributed by atoms with Gasteiger partial charge in [0.2, 0.25) is 11.9 Å². The Morgan fingerprint density at radius 3 is 2.38 bits per heavy atom. The van der Waals surface area contributed by atoms with E-state index in [9.17, 15) is 0 Å². The first-order valence-electron chi connectivity index (χ1n) is 7.76. The Balaban J connectivity index is 2.56. The summed E-state index contributed by atoms with van der Waals surface area (Å²) in [7, 11) is 1.78. The van der Waals surface area contributed by atoms with Gasteiger partial charge in [0, 0.05) is 20.1 Å². The van der Waals surface area contributed by atoms with Gasteiger partial charge in [-0.05, 0) is 25.9 Å². The molecular formula is C14H28N6O. The standard InChI is InChI=1S/C14H28N6O/c1-5-9-20(7-3)10-8-16-13-17-12(15-4)18-14(19-13)21-11-6-2/h5-11H2,1-4H3,(H2,15,16,17,18,19). The fourth-order valence-electron chi connectivity index (χ4n) is 1.88. The van der Waals surface area contributed by atoms with Crippen LogP contribution in [-0.4, -0.2) is 59.7 Å². The Hall–Kier alpha value is -1.63. The second-order valence-electron chi connectivity index (χ2n) is 4.72. The molecule has 1 aromatic heterocycles. The second-order valence-corrected chi connectivity index (χ2v) is 4.72. The minimum Gasteiger partial charge on any atom is -0.463 e. The van der Waals surface area contributed by atoms with Crippen LogP contribution in [-0.2, 0) is 0 Å². The van der Waals surface area contributed by atoms with Gasteiger partial charge in [-0.15, -0.1) is 0 Å². The molecule has 0 spiro atoms. The molecule has 1 rings (SSSR count). The average Bonchev–Trinajstić information content (AvgIpc) is 2.51. The quantitative estimate of drug-likeness (QED) is 0.645. The van der Waals surface area contributed by atoms with Gasteiger partial charge in [-0.3, -0.25) is 0 Å². The molecule has 0 saturated carbocycles. The monoisotopic (exact) mass is 296 g/mol. The van der Waals surface area contributed by atoms with Crippen LogP contribution in [0, 0.1) is 0 Å². The highest BCUT2D eigenvalue weighted by atomic mass is 16.5. The van der Waals surface area contributed by atoms with Gasteiger partial charge in [-0.1, -0.05) is 20.8 Å². The summed E-state index contributed by atoms with van der Waals surface area (Å²) in [5, 5.41) is 6.16. The highest BCUT2D eigenvalue weighted by molar-refractivity contribution is 5.35. The number of ether oxygens (including phenoxy) is 1. The maximum absolute atomic E-state index is 5.47. The number of nitrogens with zero attached hydrogens (tertiary/aromatic N) is 4. The fraction of sp³-hybridized carbons (Fsp3) is 0.786. The maximum Gasteiger partial charge on any atom is 0.323 e. The van der Waals surface area contributed by atoms with E-state index < -0.39 is 0 Å². The van der Waals surface area contributed by atoms with Crippen LogP contribution in [0.3, 0.4) is 0 Å². The zero-order chi connectivity index (χ0) is 15.5. The molecule has 1 heterocycles. The predicted octanol–water partition coefficient (Wildman–Crippen LogP) is 1.85. The lowest BCUT2D eigenvalue weighted by atomic mass is 10.4. The molecular weight excluding hydrogens is 268 g/mol. The number of rotatable bonds is 11. The topological polar surface area (TPSA) is 75.2 Å². The lowest BCUT2D eigenvalue weighted by Gasteiger charge is -2.19. The fourth-order valence-corrected chi connectivity index (χ4v) is 1.88. The predicted molar refractivity (Wildman–Crippen MR) is 86.1 cm³/mol. The third kappa shape index (κ3) is 6.57. The van der Waals surface area contributed by atoms with E-state index in [0.717, 1.165) is 32.6 Å². The van der Waals surface area contributed by atoms with Crippen LogP contribution in [0.4, 0.5) is 11.9 Å². The highest BCUT2D eigenvalue weighted by Gasteiger charge is 2.07. The Morgan fingerprint density at radius 1 is 1.00 bits per heavy atom. The molecule has 0 radical (unpaired) electrons. The smallest absolute Gasteiger partial charge is 0.323 e. The van der Waals surface area contributed by atoms with Crippen molar-refractivity contribution >= 4 is 11.9 Å². The molecule has 0 saturated heterocycles. The number of likely N-dealkylation sites (N-methyl/N-ethyl adjacent to an activating group) is 1. The van der Waals surface area contributed by atoms with Gasteiger partial charge < -0.3 is 20.3 Å².